The van der Waals surface area contributed by atoms with Gasteiger partial charge in [0, 0.05) is 16.0 Å². The Morgan fingerprint density at radius 2 is 2.16 bits per heavy atom. The molecule has 1 aliphatic carbocycles. The molecule has 0 amide bonds. The summed E-state index contributed by atoms with van der Waals surface area (Å²) >= 11 is 1.99. The summed E-state index contributed by atoms with van der Waals surface area (Å²) in [6, 6.07) is 4.82. The smallest absolute Gasteiger partial charge is 0.0579 e. The van der Waals surface area contributed by atoms with Crippen molar-refractivity contribution in [1.82, 2.24) is 4.98 Å². The van der Waals surface area contributed by atoms with E-state index in [1.54, 1.807) is 10.4 Å². The predicted octanol–water partition coefficient (Wildman–Crippen LogP) is 4.50. The molecule has 19 heavy (non-hydrogen) atoms. The average Bonchev–Trinajstić information content (AvgIpc) is 2.85. The molecule has 3 heteroatoms. The second-order valence-corrected chi connectivity index (χ2v) is 6.53. The predicted molar refractivity (Wildman–Crippen MR) is 82.0 cm³/mol. The lowest BCUT2D eigenvalue weighted by molar-refractivity contribution is 0.696. The summed E-state index contributed by atoms with van der Waals surface area (Å²) in [7, 11) is 0. The van der Waals surface area contributed by atoms with E-state index in [1.807, 2.05) is 23.7 Å². The van der Waals surface area contributed by atoms with Gasteiger partial charge in [-0.2, -0.15) is 0 Å². The number of nitrogens with zero attached hydrogens (tertiary/aromatic N) is 1. The molecule has 2 aromatic heterocycles. The lowest BCUT2D eigenvalue weighted by Gasteiger charge is -2.15. The average molecular weight is 272 g/mol. The minimum Gasteiger partial charge on any atom is -0.376 e. The maximum atomic E-state index is 4.20. The third-order valence-corrected chi connectivity index (χ3v) is 5.27. The summed E-state index contributed by atoms with van der Waals surface area (Å²) in [5.41, 5.74) is 3.98. The summed E-state index contributed by atoms with van der Waals surface area (Å²) in [4.78, 5) is 7.26. The van der Waals surface area contributed by atoms with E-state index >= 15 is 0 Å². The molecule has 0 spiro atoms. The van der Waals surface area contributed by atoms with Crippen LogP contribution < -0.4 is 5.32 Å². The molecule has 1 atom stereocenters. The summed E-state index contributed by atoms with van der Waals surface area (Å²) in [6.45, 7) is 4.36. The van der Waals surface area contributed by atoms with Gasteiger partial charge in [-0.15, -0.1) is 11.3 Å². The Hall–Kier alpha value is -1.35. The van der Waals surface area contributed by atoms with E-state index in [1.165, 1.54) is 36.1 Å². The Morgan fingerprint density at radius 1 is 1.32 bits per heavy atom. The van der Waals surface area contributed by atoms with Gasteiger partial charge in [-0.05, 0) is 62.8 Å². The van der Waals surface area contributed by atoms with Crippen molar-refractivity contribution in [3.05, 3.63) is 45.4 Å². The van der Waals surface area contributed by atoms with Crippen LogP contribution in [0.15, 0.2) is 24.5 Å². The normalized spacial score (nSPS) is 15.9. The quantitative estimate of drug-likeness (QED) is 0.889. The molecule has 0 fully saturated rings. The van der Waals surface area contributed by atoms with Crippen molar-refractivity contribution < 1.29 is 0 Å². The van der Waals surface area contributed by atoms with E-state index in [0.717, 1.165) is 5.69 Å². The van der Waals surface area contributed by atoms with Crippen LogP contribution in [0.3, 0.4) is 0 Å². The molecule has 0 aromatic carbocycles. The molecule has 2 nitrogen and oxygen atoms in total. The second-order valence-electron chi connectivity index (χ2n) is 5.36. The van der Waals surface area contributed by atoms with Gasteiger partial charge >= 0.3 is 0 Å². The number of aromatic nitrogens is 1. The highest BCUT2D eigenvalue weighted by Crippen LogP contribution is 2.34. The van der Waals surface area contributed by atoms with Crippen LogP contribution >= 0.6 is 11.3 Å². The first-order chi connectivity index (χ1) is 9.24. The molecular weight excluding hydrogens is 252 g/mol. The van der Waals surface area contributed by atoms with Crippen LogP contribution in [-0.4, -0.2) is 4.98 Å². The maximum absolute atomic E-state index is 4.20. The summed E-state index contributed by atoms with van der Waals surface area (Å²) < 4.78 is 0. The van der Waals surface area contributed by atoms with Crippen LogP contribution in [0.4, 0.5) is 5.69 Å². The van der Waals surface area contributed by atoms with Gasteiger partial charge in [0.15, 0.2) is 0 Å². The van der Waals surface area contributed by atoms with E-state index < -0.39 is 0 Å². The van der Waals surface area contributed by atoms with Crippen molar-refractivity contribution in [2.24, 2.45) is 0 Å². The second kappa shape index (κ2) is 5.33. The monoisotopic (exact) mass is 272 g/mol. The van der Waals surface area contributed by atoms with E-state index in [4.69, 9.17) is 0 Å². The molecule has 0 saturated heterocycles. The van der Waals surface area contributed by atoms with Gasteiger partial charge in [0.25, 0.3) is 0 Å². The van der Waals surface area contributed by atoms with Crippen molar-refractivity contribution in [3.63, 3.8) is 0 Å². The molecule has 1 unspecified atom stereocenters. The highest BCUT2D eigenvalue weighted by Gasteiger charge is 2.16. The van der Waals surface area contributed by atoms with Crippen molar-refractivity contribution in [1.29, 1.82) is 0 Å². The Kier molecular flexibility index (Phi) is 3.56. The molecule has 0 radical (unpaired) electrons. The van der Waals surface area contributed by atoms with E-state index in [9.17, 15) is 0 Å². The number of anilines is 1. The lowest BCUT2D eigenvalue weighted by atomic mass is 9.99. The largest absolute Gasteiger partial charge is 0.376 e. The number of hydrogen-bond acceptors (Lipinski definition) is 3. The maximum Gasteiger partial charge on any atom is 0.0579 e. The highest BCUT2D eigenvalue weighted by molar-refractivity contribution is 7.12. The molecule has 3 rings (SSSR count). The van der Waals surface area contributed by atoms with Crippen LogP contribution in [-0.2, 0) is 12.8 Å². The number of fused-ring (bicyclic) bond motifs is 1. The van der Waals surface area contributed by atoms with Crippen molar-refractivity contribution in [3.8, 4) is 0 Å². The zero-order valence-corrected chi connectivity index (χ0v) is 12.4. The molecule has 0 saturated carbocycles. The minimum absolute atomic E-state index is 0.360. The Bertz CT molecular complexity index is 550. The number of nitrogens with one attached hydrogen (secondary N) is 1. The Balaban J connectivity index is 1.79. The van der Waals surface area contributed by atoms with Crippen LogP contribution in [0.1, 0.15) is 46.7 Å². The standard InChI is InChI=1S/C16H20N2S/c1-11-7-8-17-10-14(11)18-12(2)16-9-13-5-3-4-6-15(13)19-16/h7-10,12,18H,3-6H2,1-2H3. The zero-order chi connectivity index (χ0) is 13.2. The van der Waals surface area contributed by atoms with Gasteiger partial charge in [0.1, 0.15) is 0 Å². The third-order valence-electron chi connectivity index (χ3n) is 3.85. The van der Waals surface area contributed by atoms with Crippen molar-refractivity contribution in [2.75, 3.05) is 5.32 Å². The zero-order valence-electron chi connectivity index (χ0n) is 11.6. The van der Waals surface area contributed by atoms with Crippen LogP contribution in [0.5, 0.6) is 0 Å². The fraction of sp³-hybridized carbons (Fsp3) is 0.438. The number of hydrogen-bond donors (Lipinski definition) is 1. The van der Waals surface area contributed by atoms with Crippen LogP contribution in [0.25, 0.3) is 0 Å². The van der Waals surface area contributed by atoms with Gasteiger partial charge in [0.2, 0.25) is 0 Å². The number of pyridine rings is 1. The molecule has 100 valence electrons. The summed E-state index contributed by atoms with van der Waals surface area (Å²) in [5, 5.41) is 3.58. The first-order valence-corrected chi connectivity index (χ1v) is 7.84. The highest BCUT2D eigenvalue weighted by atomic mass is 32.1. The molecule has 0 bridgehead atoms. The van der Waals surface area contributed by atoms with Crippen LogP contribution in [0, 0.1) is 6.92 Å². The number of rotatable bonds is 3. The molecule has 1 N–H and O–H groups in total. The topological polar surface area (TPSA) is 24.9 Å². The van der Waals surface area contributed by atoms with Gasteiger partial charge in [-0.1, -0.05) is 0 Å². The molecule has 1 aliphatic rings. The number of thiophene rings is 1. The van der Waals surface area contributed by atoms with Crippen LogP contribution in [0.2, 0.25) is 0 Å². The molecular formula is C16H20N2S. The first-order valence-electron chi connectivity index (χ1n) is 7.02. The van der Waals surface area contributed by atoms with E-state index in [2.05, 4.69) is 36.3 Å². The minimum atomic E-state index is 0.360. The van der Waals surface area contributed by atoms with Gasteiger partial charge in [-0.3, -0.25) is 4.98 Å². The molecule has 2 aromatic rings. The third kappa shape index (κ3) is 2.66. The van der Waals surface area contributed by atoms with Gasteiger partial charge in [0.05, 0.1) is 17.9 Å². The fourth-order valence-electron chi connectivity index (χ4n) is 2.65. The first kappa shape index (κ1) is 12.7. The van der Waals surface area contributed by atoms with Gasteiger partial charge < -0.3 is 5.32 Å². The Labute approximate surface area is 118 Å². The van der Waals surface area contributed by atoms with E-state index in [0.29, 0.717) is 6.04 Å². The molecule has 2 heterocycles. The SMILES string of the molecule is Cc1ccncc1NC(C)c1cc2c(s1)CCCC2. The summed E-state index contributed by atoms with van der Waals surface area (Å²) in [6.07, 6.45) is 9.01. The van der Waals surface area contributed by atoms with Crippen molar-refractivity contribution in [2.45, 2.75) is 45.6 Å². The fourth-order valence-corrected chi connectivity index (χ4v) is 3.91. The summed E-state index contributed by atoms with van der Waals surface area (Å²) in [5.74, 6) is 0. The Morgan fingerprint density at radius 3 is 2.95 bits per heavy atom. The van der Waals surface area contributed by atoms with Gasteiger partial charge in [-0.25, -0.2) is 0 Å². The number of aryl methyl sites for hydroxylation is 3. The lowest BCUT2D eigenvalue weighted by Crippen LogP contribution is -2.06. The molecule has 0 aliphatic heterocycles. The van der Waals surface area contributed by atoms with Crippen molar-refractivity contribution >= 4 is 17.0 Å². The van der Waals surface area contributed by atoms with E-state index in [-0.39, 0.29) is 0 Å².